The number of amides is 2. The van der Waals surface area contributed by atoms with E-state index >= 15 is 0 Å². The molecule has 0 aliphatic carbocycles. The molecule has 3 aromatic rings. The molecule has 184 valence electrons. The van der Waals surface area contributed by atoms with Gasteiger partial charge < -0.3 is 10.2 Å². The van der Waals surface area contributed by atoms with Crippen LogP contribution in [0.4, 0.5) is 0 Å². The van der Waals surface area contributed by atoms with Crippen molar-refractivity contribution >= 4 is 50.9 Å². The first-order chi connectivity index (χ1) is 16.7. The fourth-order valence-corrected chi connectivity index (χ4v) is 4.43. The average molecular weight is 576 g/mol. The van der Waals surface area contributed by atoms with Crippen LogP contribution >= 0.6 is 39.1 Å². The zero-order chi connectivity index (χ0) is 25.4. The molecule has 4 nitrogen and oxygen atoms in total. The van der Waals surface area contributed by atoms with Crippen LogP contribution < -0.4 is 5.32 Å². The van der Waals surface area contributed by atoms with E-state index in [1.807, 2.05) is 68.4 Å². The minimum absolute atomic E-state index is 0.0648. The molecule has 7 heteroatoms. The van der Waals surface area contributed by atoms with Crippen molar-refractivity contribution in [2.45, 2.75) is 39.3 Å². The summed E-state index contributed by atoms with van der Waals surface area (Å²) in [6.45, 7) is 4.91. The molecule has 0 aliphatic heterocycles. The lowest BCUT2D eigenvalue weighted by atomic mass is 10.0. The number of rotatable bonds is 10. The summed E-state index contributed by atoms with van der Waals surface area (Å²) < 4.78 is 0.947. The Kier molecular flexibility index (Phi) is 10.2. The molecule has 1 N–H and O–H groups in total. The summed E-state index contributed by atoms with van der Waals surface area (Å²) in [6, 6.07) is 21.9. The van der Waals surface area contributed by atoms with Gasteiger partial charge in [0.15, 0.2) is 0 Å². The van der Waals surface area contributed by atoms with Gasteiger partial charge in [-0.1, -0.05) is 102 Å². The van der Waals surface area contributed by atoms with Gasteiger partial charge in [0.25, 0.3) is 0 Å². The predicted molar refractivity (Wildman–Crippen MR) is 147 cm³/mol. The van der Waals surface area contributed by atoms with Crippen LogP contribution in [0.3, 0.4) is 0 Å². The molecule has 35 heavy (non-hydrogen) atoms. The summed E-state index contributed by atoms with van der Waals surface area (Å²) in [7, 11) is 0. The van der Waals surface area contributed by atoms with Crippen LogP contribution in [0.1, 0.15) is 30.5 Å². The highest BCUT2D eigenvalue weighted by Gasteiger charge is 2.30. The lowest BCUT2D eigenvalue weighted by molar-refractivity contribution is -0.140. The quantitative estimate of drug-likeness (QED) is 0.292. The Hall–Kier alpha value is -2.34. The van der Waals surface area contributed by atoms with Crippen molar-refractivity contribution in [3.05, 3.63) is 104 Å². The van der Waals surface area contributed by atoms with E-state index in [1.54, 1.807) is 23.1 Å². The van der Waals surface area contributed by atoms with Crippen molar-refractivity contribution in [1.29, 1.82) is 0 Å². The van der Waals surface area contributed by atoms with Gasteiger partial charge >= 0.3 is 0 Å². The van der Waals surface area contributed by atoms with Crippen molar-refractivity contribution < 1.29 is 9.59 Å². The van der Waals surface area contributed by atoms with Gasteiger partial charge in [-0.25, -0.2) is 0 Å². The number of benzene rings is 3. The van der Waals surface area contributed by atoms with Gasteiger partial charge in [-0.15, -0.1) is 0 Å². The maximum atomic E-state index is 13.7. The first-order valence-corrected chi connectivity index (χ1v) is 13.1. The molecule has 0 fully saturated rings. The largest absolute Gasteiger partial charge is 0.354 e. The first-order valence-electron chi connectivity index (χ1n) is 11.5. The van der Waals surface area contributed by atoms with Crippen LogP contribution in [0.15, 0.2) is 77.3 Å². The van der Waals surface area contributed by atoms with Gasteiger partial charge in [0.2, 0.25) is 11.8 Å². The number of hydrogen-bond acceptors (Lipinski definition) is 2. The van der Waals surface area contributed by atoms with Crippen molar-refractivity contribution in [2.75, 3.05) is 6.54 Å². The summed E-state index contributed by atoms with van der Waals surface area (Å²) in [4.78, 5) is 28.9. The van der Waals surface area contributed by atoms with Gasteiger partial charge in [0.1, 0.15) is 6.04 Å². The average Bonchev–Trinajstić information content (AvgIpc) is 2.83. The van der Waals surface area contributed by atoms with Crippen molar-refractivity contribution in [3.8, 4) is 0 Å². The minimum atomic E-state index is -0.682. The molecule has 2 amide bonds. The van der Waals surface area contributed by atoms with Crippen molar-refractivity contribution in [3.63, 3.8) is 0 Å². The molecular weight excluding hydrogens is 547 g/mol. The zero-order valence-corrected chi connectivity index (χ0v) is 22.9. The second-order valence-corrected chi connectivity index (χ2v) is 10.7. The zero-order valence-electron chi connectivity index (χ0n) is 19.8. The molecule has 0 aromatic heterocycles. The van der Waals surface area contributed by atoms with E-state index in [1.165, 1.54) is 0 Å². The third kappa shape index (κ3) is 8.38. The third-order valence-electron chi connectivity index (χ3n) is 5.58. The van der Waals surface area contributed by atoms with Crippen LogP contribution in [-0.4, -0.2) is 29.3 Å². The molecule has 1 atom stereocenters. The van der Waals surface area contributed by atoms with E-state index in [-0.39, 0.29) is 18.2 Å². The van der Waals surface area contributed by atoms with E-state index < -0.39 is 6.04 Å². The maximum Gasteiger partial charge on any atom is 0.243 e. The van der Waals surface area contributed by atoms with E-state index in [4.69, 9.17) is 23.2 Å². The molecule has 0 saturated heterocycles. The van der Waals surface area contributed by atoms with Gasteiger partial charge in [-0.2, -0.15) is 0 Å². The molecule has 3 rings (SSSR count). The molecule has 0 spiro atoms. The first kappa shape index (κ1) is 27.3. The number of hydrogen-bond donors (Lipinski definition) is 1. The summed E-state index contributed by atoms with van der Waals surface area (Å²) >= 11 is 15.9. The van der Waals surface area contributed by atoms with Gasteiger partial charge in [0, 0.05) is 34.0 Å². The Labute approximate surface area is 225 Å². The Morgan fingerprint density at radius 3 is 2.26 bits per heavy atom. The Morgan fingerprint density at radius 2 is 1.63 bits per heavy atom. The highest BCUT2D eigenvalue weighted by atomic mass is 79.9. The van der Waals surface area contributed by atoms with Crippen LogP contribution in [0.5, 0.6) is 0 Å². The Bertz CT molecular complexity index is 1140. The van der Waals surface area contributed by atoms with Gasteiger partial charge in [-0.3, -0.25) is 9.59 Å². The lowest BCUT2D eigenvalue weighted by Crippen LogP contribution is -2.51. The number of halogens is 3. The molecule has 0 saturated carbocycles. The second-order valence-electron chi connectivity index (χ2n) is 8.91. The summed E-state index contributed by atoms with van der Waals surface area (Å²) in [6.07, 6.45) is 0.469. The lowest BCUT2D eigenvalue weighted by Gasteiger charge is -2.32. The van der Waals surface area contributed by atoms with Crippen LogP contribution in [0.25, 0.3) is 0 Å². The number of carbonyl (C=O) groups excluding carboxylic acids is 2. The molecular formula is C28H29BrCl2N2O2. The number of carbonyl (C=O) groups is 2. The molecule has 3 aromatic carbocycles. The molecule has 0 unspecified atom stereocenters. The Morgan fingerprint density at radius 1 is 0.943 bits per heavy atom. The van der Waals surface area contributed by atoms with E-state index in [0.717, 1.165) is 15.6 Å². The van der Waals surface area contributed by atoms with E-state index in [2.05, 4.69) is 21.2 Å². The number of nitrogens with zero attached hydrogens (tertiary/aromatic N) is 1. The molecule has 0 heterocycles. The Balaban J connectivity index is 1.96. The standard InChI is InChI=1S/C28H29BrCl2N2O2/c1-19(2)17-32-28(35)26(14-20-6-4-3-5-7-20)33(18-21-8-11-23(29)12-9-21)27(34)15-22-10-13-24(30)16-25(22)31/h3-13,16,19,26H,14-15,17-18H2,1-2H3,(H,32,35)/t26-/m0/s1. The fraction of sp³-hybridized carbons (Fsp3) is 0.286. The highest BCUT2D eigenvalue weighted by Crippen LogP contribution is 2.24. The highest BCUT2D eigenvalue weighted by molar-refractivity contribution is 9.10. The van der Waals surface area contributed by atoms with Gasteiger partial charge in [0.05, 0.1) is 6.42 Å². The molecule has 0 bridgehead atoms. The van der Waals surface area contributed by atoms with Gasteiger partial charge in [-0.05, 0) is 46.9 Å². The fourth-order valence-electron chi connectivity index (χ4n) is 3.69. The molecule has 0 aliphatic rings. The van der Waals surface area contributed by atoms with E-state index in [0.29, 0.717) is 41.0 Å². The summed E-state index contributed by atoms with van der Waals surface area (Å²) in [5.41, 5.74) is 2.58. The number of nitrogens with one attached hydrogen (secondary N) is 1. The minimum Gasteiger partial charge on any atom is -0.354 e. The van der Waals surface area contributed by atoms with Crippen LogP contribution in [-0.2, 0) is 29.0 Å². The smallest absolute Gasteiger partial charge is 0.243 e. The van der Waals surface area contributed by atoms with Crippen LogP contribution in [0.2, 0.25) is 10.0 Å². The SMILES string of the molecule is CC(C)CNC(=O)[C@H](Cc1ccccc1)N(Cc1ccc(Br)cc1)C(=O)Cc1ccc(Cl)cc1Cl. The molecule has 0 radical (unpaired) electrons. The monoisotopic (exact) mass is 574 g/mol. The topological polar surface area (TPSA) is 49.4 Å². The second kappa shape index (κ2) is 13.1. The normalized spacial score (nSPS) is 11.8. The maximum absolute atomic E-state index is 13.7. The van der Waals surface area contributed by atoms with E-state index in [9.17, 15) is 9.59 Å². The third-order valence-corrected chi connectivity index (χ3v) is 6.69. The predicted octanol–water partition coefficient (Wildman–Crippen LogP) is 6.71. The summed E-state index contributed by atoms with van der Waals surface area (Å²) in [5.74, 6) is -0.0622. The summed E-state index contributed by atoms with van der Waals surface area (Å²) in [5, 5.41) is 3.97. The van der Waals surface area contributed by atoms with Crippen molar-refractivity contribution in [2.24, 2.45) is 5.92 Å². The van der Waals surface area contributed by atoms with Crippen LogP contribution in [0, 0.1) is 5.92 Å². The van der Waals surface area contributed by atoms with Crippen molar-refractivity contribution in [1.82, 2.24) is 10.2 Å².